The van der Waals surface area contributed by atoms with E-state index in [1.165, 1.54) is 6.07 Å². The number of hydrogen-bond donors (Lipinski definition) is 1. The van der Waals surface area contributed by atoms with E-state index in [1.54, 1.807) is 18.2 Å². The summed E-state index contributed by atoms with van der Waals surface area (Å²) in [6.07, 6.45) is 3.06. The highest BCUT2D eigenvalue weighted by Crippen LogP contribution is 2.39. The van der Waals surface area contributed by atoms with Gasteiger partial charge in [-0.05, 0) is 55.9 Å². The van der Waals surface area contributed by atoms with Crippen molar-refractivity contribution in [2.45, 2.75) is 52.0 Å². The highest BCUT2D eigenvalue weighted by Gasteiger charge is 2.27. The number of carbonyl (C=O) groups excluding carboxylic acids is 1. The average molecular weight is 416 g/mol. The Hall–Kier alpha value is -2.60. The van der Waals surface area contributed by atoms with Gasteiger partial charge in [0.25, 0.3) is 11.6 Å². The average Bonchev–Trinajstić information content (AvgIpc) is 2.69. The van der Waals surface area contributed by atoms with E-state index >= 15 is 0 Å². The zero-order valence-corrected chi connectivity index (χ0v) is 17.7. The van der Waals surface area contributed by atoms with Crippen molar-refractivity contribution in [2.24, 2.45) is 0 Å². The van der Waals surface area contributed by atoms with Crippen molar-refractivity contribution in [2.75, 3.05) is 16.8 Å². The number of carbonyl (C=O) groups is 1. The predicted molar refractivity (Wildman–Crippen MR) is 117 cm³/mol. The summed E-state index contributed by atoms with van der Waals surface area (Å²) in [6, 6.07) is 10.6. The van der Waals surface area contributed by atoms with Crippen LogP contribution in [0.5, 0.6) is 0 Å². The molecule has 0 aromatic heterocycles. The fraction of sp³-hybridized carbons (Fsp3) is 0.409. The Kier molecular flexibility index (Phi) is 6.42. The zero-order valence-electron chi connectivity index (χ0n) is 16.9. The molecule has 0 spiro atoms. The Bertz CT molecular complexity index is 912. The van der Waals surface area contributed by atoms with Gasteiger partial charge in [0.2, 0.25) is 0 Å². The third kappa shape index (κ3) is 4.70. The maximum Gasteiger partial charge on any atom is 0.294 e. The summed E-state index contributed by atoms with van der Waals surface area (Å²) in [6.45, 7) is 6.99. The number of benzene rings is 2. The molecular formula is C22H26ClN3O3. The van der Waals surface area contributed by atoms with Crippen LogP contribution in [0, 0.1) is 10.1 Å². The van der Waals surface area contributed by atoms with Crippen molar-refractivity contribution in [3.63, 3.8) is 0 Å². The SMILES string of the molecule is CC(C)c1ccc(C(=O)Nc2cc(N3CCCC[C@@H]3C)c([N+](=O)[O-])cc2Cl)cc1. The van der Waals surface area contributed by atoms with E-state index in [0.717, 1.165) is 31.4 Å². The molecule has 154 valence electrons. The number of halogens is 1. The van der Waals surface area contributed by atoms with E-state index in [9.17, 15) is 14.9 Å². The quantitative estimate of drug-likeness (QED) is 0.479. The summed E-state index contributed by atoms with van der Waals surface area (Å²) in [5.74, 6) is 0.0824. The number of nitrogens with one attached hydrogen (secondary N) is 1. The van der Waals surface area contributed by atoms with E-state index in [0.29, 0.717) is 22.9 Å². The first-order chi connectivity index (χ1) is 13.8. The van der Waals surface area contributed by atoms with Crippen LogP contribution in [0.1, 0.15) is 61.9 Å². The molecule has 7 heteroatoms. The van der Waals surface area contributed by atoms with Crippen molar-refractivity contribution in [1.29, 1.82) is 0 Å². The number of nitro benzene ring substituents is 1. The Labute approximate surface area is 176 Å². The second kappa shape index (κ2) is 8.82. The third-order valence-electron chi connectivity index (χ3n) is 5.46. The molecule has 1 aliphatic rings. The molecule has 2 aromatic carbocycles. The number of nitrogens with zero attached hydrogens (tertiary/aromatic N) is 2. The second-order valence-corrected chi connectivity index (χ2v) is 8.25. The number of rotatable bonds is 5. The Balaban J connectivity index is 1.91. The molecule has 1 atom stereocenters. The second-order valence-electron chi connectivity index (χ2n) is 7.85. The minimum absolute atomic E-state index is 0.0389. The molecule has 2 aromatic rings. The fourth-order valence-electron chi connectivity index (χ4n) is 3.69. The van der Waals surface area contributed by atoms with E-state index in [-0.39, 0.29) is 22.7 Å². The summed E-state index contributed by atoms with van der Waals surface area (Å²) in [7, 11) is 0. The van der Waals surface area contributed by atoms with E-state index in [1.807, 2.05) is 17.0 Å². The first kappa shape index (κ1) is 21.1. The van der Waals surface area contributed by atoms with Gasteiger partial charge in [-0.1, -0.05) is 37.6 Å². The van der Waals surface area contributed by atoms with E-state index in [4.69, 9.17) is 11.6 Å². The Morgan fingerprint density at radius 2 is 1.93 bits per heavy atom. The summed E-state index contributed by atoms with van der Waals surface area (Å²) in [4.78, 5) is 25.9. The molecule has 0 radical (unpaired) electrons. The van der Waals surface area contributed by atoms with Crippen LogP contribution in [0.15, 0.2) is 36.4 Å². The van der Waals surface area contributed by atoms with E-state index in [2.05, 4.69) is 26.1 Å². The first-order valence-electron chi connectivity index (χ1n) is 9.93. The summed E-state index contributed by atoms with van der Waals surface area (Å²) in [5, 5.41) is 14.6. The lowest BCUT2D eigenvalue weighted by molar-refractivity contribution is -0.384. The molecule has 1 N–H and O–H groups in total. The number of piperidine rings is 1. The van der Waals surface area contributed by atoms with Crippen LogP contribution in [0.3, 0.4) is 0 Å². The van der Waals surface area contributed by atoms with Crippen LogP contribution >= 0.6 is 11.6 Å². The summed E-state index contributed by atoms with van der Waals surface area (Å²) >= 11 is 6.28. The molecule has 0 bridgehead atoms. The lowest BCUT2D eigenvalue weighted by atomic mass is 10.0. The van der Waals surface area contributed by atoms with Gasteiger partial charge in [0.1, 0.15) is 5.69 Å². The molecular weight excluding hydrogens is 390 g/mol. The lowest BCUT2D eigenvalue weighted by Gasteiger charge is -2.35. The summed E-state index contributed by atoms with van der Waals surface area (Å²) in [5.41, 5.74) is 2.50. The molecule has 3 rings (SSSR count). The van der Waals surface area contributed by atoms with Crippen molar-refractivity contribution < 1.29 is 9.72 Å². The van der Waals surface area contributed by atoms with Crippen molar-refractivity contribution in [1.82, 2.24) is 0 Å². The zero-order chi connectivity index (χ0) is 21.1. The topological polar surface area (TPSA) is 75.5 Å². The molecule has 1 saturated heterocycles. The smallest absolute Gasteiger partial charge is 0.294 e. The normalized spacial score (nSPS) is 16.7. The van der Waals surface area contributed by atoms with Gasteiger partial charge in [-0.3, -0.25) is 14.9 Å². The largest absolute Gasteiger partial charge is 0.363 e. The van der Waals surface area contributed by atoms with Gasteiger partial charge < -0.3 is 10.2 Å². The van der Waals surface area contributed by atoms with Crippen LogP contribution in [-0.2, 0) is 0 Å². The number of anilines is 2. The number of amides is 1. The molecule has 29 heavy (non-hydrogen) atoms. The molecule has 0 aliphatic carbocycles. The standard InChI is InChI=1S/C22H26ClN3O3/c1-14(2)16-7-9-17(10-8-16)22(27)24-19-13-20(21(26(28)29)12-18(19)23)25-11-5-4-6-15(25)3/h7-10,12-15H,4-6,11H2,1-3H3,(H,24,27)/t15-/m0/s1. The number of nitro groups is 1. The molecule has 1 amide bonds. The minimum Gasteiger partial charge on any atom is -0.363 e. The third-order valence-corrected chi connectivity index (χ3v) is 5.77. The van der Waals surface area contributed by atoms with Crippen molar-refractivity contribution in [3.8, 4) is 0 Å². The van der Waals surface area contributed by atoms with Crippen LogP contribution in [0.25, 0.3) is 0 Å². The van der Waals surface area contributed by atoms with Crippen molar-refractivity contribution >= 4 is 34.6 Å². The molecule has 0 unspecified atom stereocenters. The van der Waals surface area contributed by atoms with Crippen LogP contribution in [-0.4, -0.2) is 23.4 Å². The first-order valence-corrected chi connectivity index (χ1v) is 10.3. The molecule has 1 aliphatic heterocycles. The van der Waals surface area contributed by atoms with Gasteiger partial charge >= 0.3 is 0 Å². The maximum absolute atomic E-state index is 12.7. The minimum atomic E-state index is -0.418. The van der Waals surface area contributed by atoms with Crippen molar-refractivity contribution in [3.05, 3.63) is 62.7 Å². The van der Waals surface area contributed by atoms with Gasteiger partial charge in [0.15, 0.2) is 0 Å². The van der Waals surface area contributed by atoms with Crippen LogP contribution in [0.2, 0.25) is 5.02 Å². The van der Waals surface area contributed by atoms with Crippen LogP contribution in [0.4, 0.5) is 17.1 Å². The highest BCUT2D eigenvalue weighted by atomic mass is 35.5. The monoisotopic (exact) mass is 415 g/mol. The number of hydrogen-bond acceptors (Lipinski definition) is 4. The van der Waals surface area contributed by atoms with Gasteiger partial charge in [-0.15, -0.1) is 0 Å². The van der Waals surface area contributed by atoms with Gasteiger partial charge in [-0.25, -0.2) is 0 Å². The lowest BCUT2D eigenvalue weighted by Crippen LogP contribution is -2.37. The Morgan fingerprint density at radius 1 is 1.24 bits per heavy atom. The maximum atomic E-state index is 12.7. The fourth-order valence-corrected chi connectivity index (χ4v) is 3.90. The van der Waals surface area contributed by atoms with E-state index < -0.39 is 4.92 Å². The van der Waals surface area contributed by atoms with Gasteiger partial charge in [0, 0.05) is 24.2 Å². The molecule has 6 nitrogen and oxygen atoms in total. The molecule has 1 heterocycles. The highest BCUT2D eigenvalue weighted by molar-refractivity contribution is 6.34. The van der Waals surface area contributed by atoms with Gasteiger partial charge in [-0.2, -0.15) is 0 Å². The molecule has 0 saturated carbocycles. The molecule has 1 fully saturated rings. The predicted octanol–water partition coefficient (Wildman–Crippen LogP) is 6.00. The van der Waals surface area contributed by atoms with Gasteiger partial charge in [0.05, 0.1) is 15.6 Å². The Morgan fingerprint density at radius 3 is 2.52 bits per heavy atom. The summed E-state index contributed by atoms with van der Waals surface area (Å²) < 4.78 is 0. The van der Waals surface area contributed by atoms with Crippen LogP contribution < -0.4 is 10.2 Å².